The van der Waals surface area contributed by atoms with Gasteiger partial charge in [-0.15, -0.1) is 11.3 Å². The third-order valence-electron chi connectivity index (χ3n) is 6.57. The Morgan fingerprint density at radius 2 is 1.88 bits per heavy atom. The lowest BCUT2D eigenvalue weighted by atomic mass is 10.1. The van der Waals surface area contributed by atoms with Crippen LogP contribution in [0.25, 0.3) is 22.3 Å². The molecule has 2 aliphatic rings. The average Bonchev–Trinajstić information content (AvgIpc) is 3.39. The molecule has 1 saturated carbocycles. The van der Waals surface area contributed by atoms with Crippen LogP contribution < -0.4 is 5.32 Å². The second-order valence-electron chi connectivity index (χ2n) is 9.71. The number of hydrogen-bond donors (Lipinski definition) is 1. The molecule has 0 bridgehead atoms. The smallest absolute Gasteiger partial charge is 0.254 e. The second kappa shape index (κ2) is 9.11. The van der Waals surface area contributed by atoms with E-state index in [0.29, 0.717) is 44.3 Å². The van der Waals surface area contributed by atoms with Crippen LogP contribution >= 0.6 is 11.3 Å². The zero-order valence-electron chi connectivity index (χ0n) is 20.3. The summed E-state index contributed by atoms with van der Waals surface area (Å²) >= 11 is 1.74. The van der Waals surface area contributed by atoms with Gasteiger partial charge < -0.3 is 10.2 Å². The number of hydrogen-bond acceptors (Lipinski definition) is 6. The SMILES string of the molecule is Cc1cc(-c2cc(C(=O)N3CCN(CC(=O)NC4CC4)CC3)c3cnn(C(C)C)c3n2)c(C)s1. The number of aryl methyl sites for hydroxylation is 2. The average molecular weight is 481 g/mol. The van der Waals surface area contributed by atoms with E-state index >= 15 is 0 Å². The van der Waals surface area contributed by atoms with Crippen molar-refractivity contribution in [2.75, 3.05) is 32.7 Å². The van der Waals surface area contributed by atoms with E-state index in [2.05, 4.69) is 49.1 Å². The van der Waals surface area contributed by atoms with Gasteiger partial charge in [0.05, 0.1) is 29.4 Å². The normalized spacial score (nSPS) is 17.0. The number of nitrogens with zero attached hydrogens (tertiary/aromatic N) is 5. The van der Waals surface area contributed by atoms with Gasteiger partial charge in [0, 0.05) is 53.6 Å². The number of aromatic nitrogens is 3. The zero-order chi connectivity index (χ0) is 24.0. The molecule has 0 atom stereocenters. The van der Waals surface area contributed by atoms with Gasteiger partial charge in [0.2, 0.25) is 5.91 Å². The van der Waals surface area contributed by atoms with E-state index in [-0.39, 0.29) is 17.9 Å². The lowest BCUT2D eigenvalue weighted by Gasteiger charge is -2.34. The Bertz CT molecular complexity index is 1230. The molecule has 2 fully saturated rings. The first-order chi connectivity index (χ1) is 16.3. The number of thiophene rings is 1. The summed E-state index contributed by atoms with van der Waals surface area (Å²) < 4.78 is 1.89. The molecule has 180 valence electrons. The fourth-order valence-electron chi connectivity index (χ4n) is 4.58. The Kier molecular flexibility index (Phi) is 6.16. The Morgan fingerprint density at radius 3 is 2.50 bits per heavy atom. The molecule has 5 rings (SSSR count). The molecular weight excluding hydrogens is 448 g/mol. The number of pyridine rings is 1. The maximum Gasteiger partial charge on any atom is 0.254 e. The van der Waals surface area contributed by atoms with Gasteiger partial charge in [-0.05, 0) is 52.7 Å². The van der Waals surface area contributed by atoms with Crippen molar-refractivity contribution in [1.29, 1.82) is 0 Å². The molecule has 0 aromatic carbocycles. The lowest BCUT2D eigenvalue weighted by Crippen LogP contribution is -2.51. The van der Waals surface area contributed by atoms with E-state index in [4.69, 9.17) is 4.98 Å². The van der Waals surface area contributed by atoms with Gasteiger partial charge in [-0.2, -0.15) is 5.10 Å². The van der Waals surface area contributed by atoms with Crippen LogP contribution in [0.4, 0.5) is 0 Å². The molecule has 0 spiro atoms. The maximum absolute atomic E-state index is 13.7. The molecular formula is C25H32N6O2S. The number of amides is 2. The van der Waals surface area contributed by atoms with Crippen molar-refractivity contribution >= 4 is 34.2 Å². The van der Waals surface area contributed by atoms with Crippen LogP contribution in [0.2, 0.25) is 0 Å². The molecule has 1 saturated heterocycles. The van der Waals surface area contributed by atoms with Gasteiger partial charge in [-0.1, -0.05) is 0 Å². The quantitative estimate of drug-likeness (QED) is 0.585. The van der Waals surface area contributed by atoms with Crippen LogP contribution in [-0.4, -0.2) is 75.1 Å². The molecule has 1 aliphatic carbocycles. The van der Waals surface area contributed by atoms with Crippen molar-refractivity contribution in [3.8, 4) is 11.3 Å². The van der Waals surface area contributed by atoms with Crippen LogP contribution in [0.3, 0.4) is 0 Å². The van der Waals surface area contributed by atoms with Crippen molar-refractivity contribution in [1.82, 2.24) is 29.9 Å². The van der Waals surface area contributed by atoms with E-state index in [1.807, 2.05) is 15.6 Å². The number of rotatable bonds is 6. The molecule has 0 radical (unpaired) electrons. The molecule has 4 heterocycles. The molecule has 1 N–H and O–H groups in total. The summed E-state index contributed by atoms with van der Waals surface area (Å²) in [6.07, 6.45) is 3.95. The number of carbonyl (C=O) groups excluding carboxylic acids is 2. The minimum Gasteiger partial charge on any atom is -0.352 e. The van der Waals surface area contributed by atoms with Crippen LogP contribution in [0, 0.1) is 13.8 Å². The van der Waals surface area contributed by atoms with Gasteiger partial charge >= 0.3 is 0 Å². The fraction of sp³-hybridized carbons (Fsp3) is 0.520. The van der Waals surface area contributed by atoms with Crippen LogP contribution in [-0.2, 0) is 4.79 Å². The molecule has 0 unspecified atom stereocenters. The Balaban J connectivity index is 1.40. The third-order valence-corrected chi connectivity index (χ3v) is 7.54. The second-order valence-corrected chi connectivity index (χ2v) is 11.2. The predicted molar refractivity (Wildman–Crippen MR) is 134 cm³/mol. The van der Waals surface area contributed by atoms with E-state index in [9.17, 15) is 9.59 Å². The Labute approximate surface area is 203 Å². The van der Waals surface area contributed by atoms with E-state index in [0.717, 1.165) is 35.1 Å². The minimum absolute atomic E-state index is 0.00337. The lowest BCUT2D eigenvalue weighted by molar-refractivity contribution is -0.122. The summed E-state index contributed by atoms with van der Waals surface area (Å²) in [4.78, 5) is 37.3. The summed E-state index contributed by atoms with van der Waals surface area (Å²) in [7, 11) is 0. The topological polar surface area (TPSA) is 83.4 Å². The molecule has 9 heteroatoms. The van der Waals surface area contributed by atoms with Gasteiger partial charge in [-0.25, -0.2) is 9.67 Å². The van der Waals surface area contributed by atoms with Crippen molar-refractivity contribution in [2.45, 2.75) is 52.6 Å². The summed E-state index contributed by atoms with van der Waals surface area (Å²) in [5.74, 6) is 0.0916. The highest BCUT2D eigenvalue weighted by Crippen LogP contribution is 2.33. The minimum atomic E-state index is 0.00337. The van der Waals surface area contributed by atoms with Crippen LogP contribution in [0.15, 0.2) is 18.3 Å². The molecule has 3 aromatic heterocycles. The fourth-order valence-corrected chi connectivity index (χ4v) is 5.51. The summed E-state index contributed by atoms with van der Waals surface area (Å²) in [5, 5.41) is 8.39. The van der Waals surface area contributed by atoms with Gasteiger partial charge in [0.15, 0.2) is 5.65 Å². The molecule has 2 amide bonds. The van der Waals surface area contributed by atoms with Crippen LogP contribution in [0.1, 0.15) is 52.8 Å². The first-order valence-corrected chi connectivity index (χ1v) is 12.9. The highest BCUT2D eigenvalue weighted by atomic mass is 32.1. The Morgan fingerprint density at radius 1 is 1.15 bits per heavy atom. The standard InChI is InChI=1S/C25H32N6O2S/c1-15(2)31-24-21(13-26-31)20(12-22(28-24)19-11-16(3)34-17(19)4)25(33)30-9-7-29(8-10-30)14-23(32)27-18-5-6-18/h11-13,15,18H,5-10,14H2,1-4H3,(H,27,32). The zero-order valence-corrected chi connectivity index (χ0v) is 21.1. The Hall–Kier alpha value is -2.78. The number of carbonyl (C=O) groups is 2. The van der Waals surface area contributed by atoms with E-state index in [1.54, 1.807) is 17.5 Å². The monoisotopic (exact) mass is 480 g/mol. The largest absolute Gasteiger partial charge is 0.352 e. The van der Waals surface area contributed by atoms with Crippen LogP contribution in [0.5, 0.6) is 0 Å². The molecule has 34 heavy (non-hydrogen) atoms. The van der Waals surface area contributed by atoms with Gasteiger partial charge in [0.1, 0.15) is 0 Å². The van der Waals surface area contributed by atoms with E-state index in [1.165, 1.54) is 9.75 Å². The summed E-state index contributed by atoms with van der Waals surface area (Å²) in [6, 6.07) is 4.59. The highest BCUT2D eigenvalue weighted by molar-refractivity contribution is 7.12. The highest BCUT2D eigenvalue weighted by Gasteiger charge is 2.28. The third kappa shape index (κ3) is 4.59. The predicted octanol–water partition coefficient (Wildman–Crippen LogP) is 3.39. The van der Waals surface area contributed by atoms with E-state index < -0.39 is 0 Å². The summed E-state index contributed by atoms with van der Waals surface area (Å²) in [6.45, 7) is 11.3. The molecule has 8 nitrogen and oxygen atoms in total. The van der Waals surface area contributed by atoms with Crippen molar-refractivity contribution in [2.24, 2.45) is 0 Å². The van der Waals surface area contributed by atoms with Crippen molar-refractivity contribution < 1.29 is 9.59 Å². The number of piperazine rings is 1. The molecule has 1 aliphatic heterocycles. The van der Waals surface area contributed by atoms with Crippen molar-refractivity contribution in [3.63, 3.8) is 0 Å². The summed E-state index contributed by atoms with van der Waals surface area (Å²) in [5.41, 5.74) is 3.28. The van der Waals surface area contributed by atoms with Gasteiger partial charge in [-0.3, -0.25) is 14.5 Å². The maximum atomic E-state index is 13.7. The van der Waals surface area contributed by atoms with Gasteiger partial charge in [0.25, 0.3) is 5.91 Å². The first kappa shape index (κ1) is 23.0. The number of nitrogens with one attached hydrogen (secondary N) is 1. The van der Waals surface area contributed by atoms with Crippen molar-refractivity contribution in [3.05, 3.63) is 33.6 Å². The number of fused-ring (bicyclic) bond motifs is 1. The first-order valence-electron chi connectivity index (χ1n) is 12.1. The molecule has 3 aromatic rings.